The predicted molar refractivity (Wildman–Crippen MR) is 124 cm³/mol. The van der Waals surface area contributed by atoms with E-state index in [4.69, 9.17) is 0 Å². The lowest BCUT2D eigenvalue weighted by atomic mass is 10.00. The zero-order valence-electron chi connectivity index (χ0n) is 18.2. The number of hydrogen-bond donors (Lipinski definition) is 1. The summed E-state index contributed by atoms with van der Waals surface area (Å²) in [6.07, 6.45) is 3.20. The van der Waals surface area contributed by atoms with Crippen LogP contribution < -0.4 is 10.2 Å². The van der Waals surface area contributed by atoms with Gasteiger partial charge in [0.1, 0.15) is 5.82 Å². The Bertz CT molecular complexity index is 842. The van der Waals surface area contributed by atoms with Crippen molar-refractivity contribution in [3.05, 3.63) is 41.2 Å². The highest BCUT2D eigenvalue weighted by molar-refractivity contribution is 7.09. The van der Waals surface area contributed by atoms with Gasteiger partial charge < -0.3 is 15.1 Å². The minimum atomic E-state index is 0.900. The Labute approximate surface area is 184 Å². The van der Waals surface area contributed by atoms with E-state index >= 15 is 0 Å². The van der Waals surface area contributed by atoms with E-state index in [0.717, 1.165) is 75.6 Å². The van der Waals surface area contributed by atoms with Crippen molar-refractivity contribution < 1.29 is 0 Å². The van der Waals surface area contributed by atoms with E-state index in [-0.39, 0.29) is 0 Å². The number of rotatable bonds is 6. The van der Waals surface area contributed by atoms with Gasteiger partial charge in [0.2, 0.25) is 5.13 Å². The van der Waals surface area contributed by atoms with Gasteiger partial charge in [-0.05, 0) is 24.0 Å². The van der Waals surface area contributed by atoms with E-state index in [9.17, 15) is 0 Å². The van der Waals surface area contributed by atoms with Crippen LogP contribution in [0.3, 0.4) is 0 Å². The van der Waals surface area contributed by atoms with Crippen LogP contribution in [-0.4, -0.2) is 78.0 Å². The smallest absolute Gasteiger partial charge is 0.205 e. The molecule has 0 bridgehead atoms. The number of hydrogen-bond acceptors (Lipinski definition) is 6. The summed E-state index contributed by atoms with van der Waals surface area (Å²) in [7, 11) is 1.88. The molecule has 1 N–H and O–H groups in total. The fourth-order valence-corrected chi connectivity index (χ4v) is 5.01. The summed E-state index contributed by atoms with van der Waals surface area (Å²) in [4.78, 5) is 16.4. The molecule has 0 unspecified atom stereocenters. The summed E-state index contributed by atoms with van der Waals surface area (Å²) in [6, 6.07) is 8.85. The lowest BCUT2D eigenvalue weighted by Crippen LogP contribution is -2.52. The van der Waals surface area contributed by atoms with Gasteiger partial charge in [-0.25, -0.2) is 4.98 Å². The van der Waals surface area contributed by atoms with Crippen LogP contribution >= 0.6 is 11.5 Å². The van der Waals surface area contributed by atoms with Crippen molar-refractivity contribution in [1.29, 1.82) is 0 Å². The van der Waals surface area contributed by atoms with Gasteiger partial charge in [0.25, 0.3) is 0 Å². The molecule has 0 atom stereocenters. The maximum atomic E-state index is 4.63. The lowest BCUT2D eigenvalue weighted by molar-refractivity contribution is 0.251. The maximum absolute atomic E-state index is 4.63. The molecule has 0 radical (unpaired) electrons. The summed E-state index contributed by atoms with van der Waals surface area (Å²) in [5, 5.41) is 4.62. The van der Waals surface area contributed by atoms with Gasteiger partial charge in [0.15, 0.2) is 5.96 Å². The SMILES string of the molecule is CCc1nsc(N2CCN(C(=NC)NCCCN3CCc4ccccc4C3)CC2)n1. The van der Waals surface area contributed by atoms with Crippen molar-refractivity contribution in [2.24, 2.45) is 4.99 Å². The second kappa shape index (κ2) is 10.2. The highest BCUT2D eigenvalue weighted by Gasteiger charge is 2.22. The first-order valence-corrected chi connectivity index (χ1v) is 11.9. The molecule has 2 aliphatic rings. The highest BCUT2D eigenvalue weighted by Crippen LogP contribution is 2.20. The maximum Gasteiger partial charge on any atom is 0.205 e. The molecule has 162 valence electrons. The van der Waals surface area contributed by atoms with E-state index in [1.807, 2.05) is 7.05 Å². The molecule has 2 aromatic rings. The highest BCUT2D eigenvalue weighted by atomic mass is 32.1. The van der Waals surface area contributed by atoms with Crippen molar-refractivity contribution in [2.45, 2.75) is 32.7 Å². The van der Waals surface area contributed by atoms with Crippen molar-refractivity contribution in [3.8, 4) is 0 Å². The zero-order chi connectivity index (χ0) is 20.8. The van der Waals surface area contributed by atoms with Crippen LogP contribution in [0.4, 0.5) is 5.13 Å². The predicted octanol–water partition coefficient (Wildman–Crippen LogP) is 2.25. The van der Waals surface area contributed by atoms with Gasteiger partial charge in [-0.2, -0.15) is 4.37 Å². The van der Waals surface area contributed by atoms with Gasteiger partial charge >= 0.3 is 0 Å². The Balaban J connectivity index is 1.18. The molecule has 0 spiro atoms. The van der Waals surface area contributed by atoms with Gasteiger partial charge in [0.05, 0.1) is 0 Å². The molecule has 30 heavy (non-hydrogen) atoms. The molecule has 1 fully saturated rings. The number of anilines is 1. The van der Waals surface area contributed by atoms with Gasteiger partial charge in [0, 0.05) is 77.4 Å². The monoisotopic (exact) mass is 427 g/mol. The fraction of sp³-hybridized carbons (Fsp3) is 0.591. The fourth-order valence-electron chi connectivity index (χ4n) is 4.21. The van der Waals surface area contributed by atoms with Crippen molar-refractivity contribution in [1.82, 2.24) is 24.5 Å². The average Bonchev–Trinajstić information content (AvgIpc) is 3.29. The Hall–Kier alpha value is -2.19. The van der Waals surface area contributed by atoms with Crippen molar-refractivity contribution in [2.75, 3.05) is 57.8 Å². The topological polar surface area (TPSA) is 59.9 Å². The van der Waals surface area contributed by atoms with Crippen LogP contribution in [0.2, 0.25) is 0 Å². The summed E-state index contributed by atoms with van der Waals surface area (Å²) < 4.78 is 4.42. The molecule has 1 aromatic heterocycles. The van der Waals surface area contributed by atoms with Crippen LogP contribution in [0.25, 0.3) is 0 Å². The van der Waals surface area contributed by atoms with Crippen LogP contribution in [0, 0.1) is 0 Å². The molecule has 8 heteroatoms. The molecule has 3 heterocycles. The molecule has 2 aliphatic heterocycles. The van der Waals surface area contributed by atoms with Crippen LogP contribution in [-0.2, 0) is 19.4 Å². The number of piperazine rings is 1. The van der Waals surface area contributed by atoms with Crippen molar-refractivity contribution >= 4 is 22.6 Å². The van der Waals surface area contributed by atoms with E-state index in [1.54, 1.807) is 0 Å². The minimum absolute atomic E-state index is 0.900. The number of aryl methyl sites for hydroxylation is 1. The zero-order valence-corrected chi connectivity index (χ0v) is 19.0. The summed E-state index contributed by atoms with van der Waals surface area (Å²) in [5.74, 6) is 1.97. The number of nitrogens with one attached hydrogen (secondary N) is 1. The summed E-state index contributed by atoms with van der Waals surface area (Å²) >= 11 is 1.52. The molecule has 0 aliphatic carbocycles. The summed E-state index contributed by atoms with van der Waals surface area (Å²) in [5.41, 5.74) is 3.01. The normalized spacial score (nSPS) is 17.9. The molecular weight excluding hydrogens is 394 g/mol. The number of guanidine groups is 1. The Morgan fingerprint density at radius 3 is 2.67 bits per heavy atom. The molecule has 0 saturated carbocycles. The first-order chi connectivity index (χ1) is 14.8. The largest absolute Gasteiger partial charge is 0.356 e. The van der Waals surface area contributed by atoms with Crippen LogP contribution in [0.5, 0.6) is 0 Å². The van der Waals surface area contributed by atoms with E-state index < -0.39 is 0 Å². The van der Waals surface area contributed by atoms with Crippen molar-refractivity contribution in [3.63, 3.8) is 0 Å². The molecule has 4 rings (SSSR count). The van der Waals surface area contributed by atoms with E-state index in [0.29, 0.717) is 0 Å². The quantitative estimate of drug-likeness (QED) is 0.434. The number of nitrogens with zero attached hydrogens (tertiary/aromatic N) is 6. The molecule has 7 nitrogen and oxygen atoms in total. The second-order valence-corrected chi connectivity index (χ2v) is 8.67. The van der Waals surface area contributed by atoms with E-state index in [1.165, 1.54) is 35.6 Å². The number of aliphatic imine (C=N–C) groups is 1. The Morgan fingerprint density at radius 1 is 1.13 bits per heavy atom. The van der Waals surface area contributed by atoms with E-state index in [2.05, 4.69) is 65.6 Å². The lowest BCUT2D eigenvalue weighted by Gasteiger charge is -2.36. The molecular formula is C22H33N7S. The first-order valence-electron chi connectivity index (χ1n) is 11.1. The first kappa shape index (κ1) is 21.1. The minimum Gasteiger partial charge on any atom is -0.356 e. The van der Waals surface area contributed by atoms with Crippen LogP contribution in [0.15, 0.2) is 29.3 Å². The molecule has 1 aromatic carbocycles. The standard InChI is InChI=1S/C22H33N7S/c1-3-20-25-22(30-26-20)29-15-13-28(14-16-29)21(23-2)24-10-6-11-27-12-9-18-7-4-5-8-19(18)17-27/h4-5,7-8H,3,6,9-17H2,1-2H3,(H,23,24). The van der Waals surface area contributed by atoms with Gasteiger partial charge in [-0.15, -0.1) is 0 Å². The molecule has 1 saturated heterocycles. The third-order valence-electron chi connectivity index (χ3n) is 5.98. The Morgan fingerprint density at radius 2 is 1.93 bits per heavy atom. The Kier molecular flexibility index (Phi) is 7.17. The number of benzene rings is 1. The summed E-state index contributed by atoms with van der Waals surface area (Å²) in [6.45, 7) is 10.3. The second-order valence-electron chi connectivity index (χ2n) is 7.94. The number of aromatic nitrogens is 2. The van der Waals surface area contributed by atoms with Gasteiger partial charge in [-0.1, -0.05) is 31.2 Å². The third kappa shape index (κ3) is 5.10. The number of fused-ring (bicyclic) bond motifs is 1. The van der Waals surface area contributed by atoms with Crippen LogP contribution in [0.1, 0.15) is 30.3 Å². The van der Waals surface area contributed by atoms with Gasteiger partial charge in [-0.3, -0.25) is 9.89 Å². The average molecular weight is 428 g/mol. The molecule has 0 amide bonds. The third-order valence-corrected chi connectivity index (χ3v) is 6.79.